The summed E-state index contributed by atoms with van der Waals surface area (Å²) in [5, 5.41) is 2.70. The van der Waals surface area contributed by atoms with Crippen molar-refractivity contribution in [2.45, 2.75) is 76.9 Å². The van der Waals surface area contributed by atoms with E-state index in [0.717, 1.165) is 29.9 Å². The molecule has 1 aromatic carbocycles. The van der Waals surface area contributed by atoms with Gasteiger partial charge >= 0.3 is 6.09 Å². The number of hydrogen-bond acceptors (Lipinski definition) is 5. The number of amides is 2. The largest absolute Gasteiger partial charge is 0.486 e. The fraction of sp³-hybridized carbons (Fsp3) is 0.667. The summed E-state index contributed by atoms with van der Waals surface area (Å²) in [5.74, 6) is 1.64. The molecule has 1 N–H and O–H groups in total. The fourth-order valence-corrected chi connectivity index (χ4v) is 5.14. The van der Waals surface area contributed by atoms with Crippen LogP contribution in [0.25, 0.3) is 0 Å². The van der Waals surface area contributed by atoms with Crippen LogP contribution in [-0.2, 0) is 14.9 Å². The molecule has 0 bridgehead atoms. The van der Waals surface area contributed by atoms with Crippen LogP contribution in [0.15, 0.2) is 12.1 Å². The van der Waals surface area contributed by atoms with Gasteiger partial charge < -0.3 is 24.4 Å². The summed E-state index contributed by atoms with van der Waals surface area (Å²) in [4.78, 5) is 27.1. The van der Waals surface area contributed by atoms with E-state index in [1.807, 2.05) is 25.7 Å². The zero-order valence-electron chi connectivity index (χ0n) is 19.1. The first-order valence-corrected chi connectivity index (χ1v) is 11.4. The third-order valence-corrected chi connectivity index (χ3v) is 6.56. The average molecular weight is 431 g/mol. The molecule has 2 aliphatic heterocycles. The predicted molar refractivity (Wildman–Crippen MR) is 117 cm³/mol. The highest BCUT2D eigenvalue weighted by molar-refractivity contribution is 5.78. The second-order valence-electron chi connectivity index (χ2n) is 9.95. The Morgan fingerprint density at radius 1 is 1.16 bits per heavy atom. The Morgan fingerprint density at radius 3 is 2.45 bits per heavy atom. The molecule has 2 heterocycles. The van der Waals surface area contributed by atoms with Crippen LogP contribution in [0.5, 0.6) is 11.5 Å². The van der Waals surface area contributed by atoms with Crippen molar-refractivity contribution in [3.05, 3.63) is 23.3 Å². The number of benzene rings is 1. The van der Waals surface area contributed by atoms with Gasteiger partial charge in [0, 0.05) is 24.9 Å². The lowest BCUT2D eigenvalue weighted by atomic mass is 9.71. The second-order valence-corrected chi connectivity index (χ2v) is 9.95. The first-order chi connectivity index (χ1) is 14.7. The van der Waals surface area contributed by atoms with Crippen LogP contribution in [0, 0.1) is 0 Å². The summed E-state index contributed by atoms with van der Waals surface area (Å²) in [5.41, 5.74) is 1.90. The normalized spacial score (nSPS) is 21.5. The van der Waals surface area contributed by atoms with Gasteiger partial charge in [0.15, 0.2) is 11.5 Å². The van der Waals surface area contributed by atoms with Gasteiger partial charge in [0.25, 0.3) is 0 Å². The van der Waals surface area contributed by atoms with Gasteiger partial charge in [-0.2, -0.15) is 0 Å². The summed E-state index contributed by atoms with van der Waals surface area (Å²) in [6.07, 6.45) is 4.25. The van der Waals surface area contributed by atoms with Gasteiger partial charge in [-0.1, -0.05) is 12.8 Å². The zero-order chi connectivity index (χ0) is 22.2. The molecule has 7 heteroatoms. The maximum Gasteiger partial charge on any atom is 0.407 e. The SMILES string of the molecule is CC1c2cc3c(cc2C2(CCCC2)CN1C(=O)CCNC(=O)OC(C)(C)C)OCCO3. The summed E-state index contributed by atoms with van der Waals surface area (Å²) in [6, 6.07) is 4.19. The molecule has 1 spiro atoms. The van der Waals surface area contributed by atoms with Crippen LogP contribution >= 0.6 is 0 Å². The highest BCUT2D eigenvalue weighted by Crippen LogP contribution is 2.51. The van der Waals surface area contributed by atoms with Gasteiger partial charge in [-0.3, -0.25) is 4.79 Å². The zero-order valence-corrected chi connectivity index (χ0v) is 19.1. The summed E-state index contributed by atoms with van der Waals surface area (Å²) < 4.78 is 16.9. The Labute approximate surface area is 184 Å². The van der Waals surface area contributed by atoms with Crippen LogP contribution in [0.1, 0.15) is 77.0 Å². The first kappa shape index (κ1) is 21.8. The van der Waals surface area contributed by atoms with Crippen molar-refractivity contribution in [2.75, 3.05) is 26.3 Å². The highest BCUT2D eigenvalue weighted by atomic mass is 16.6. The molecule has 1 unspecified atom stereocenters. The van der Waals surface area contributed by atoms with E-state index in [9.17, 15) is 9.59 Å². The molecule has 1 fully saturated rings. The molecule has 1 aliphatic carbocycles. The quantitative estimate of drug-likeness (QED) is 0.782. The van der Waals surface area contributed by atoms with Crippen molar-refractivity contribution in [1.82, 2.24) is 10.2 Å². The van der Waals surface area contributed by atoms with E-state index in [4.69, 9.17) is 14.2 Å². The van der Waals surface area contributed by atoms with Crippen molar-refractivity contribution >= 4 is 12.0 Å². The van der Waals surface area contributed by atoms with E-state index in [0.29, 0.717) is 19.8 Å². The Balaban J connectivity index is 1.51. The Kier molecular flexibility index (Phi) is 5.79. The van der Waals surface area contributed by atoms with E-state index >= 15 is 0 Å². The Hall–Kier alpha value is -2.44. The number of carbonyl (C=O) groups excluding carboxylic acids is 2. The number of nitrogens with zero attached hydrogens (tertiary/aromatic N) is 1. The smallest absolute Gasteiger partial charge is 0.407 e. The molecule has 0 radical (unpaired) electrons. The van der Waals surface area contributed by atoms with Crippen molar-refractivity contribution in [3.8, 4) is 11.5 Å². The fourth-order valence-electron chi connectivity index (χ4n) is 5.14. The van der Waals surface area contributed by atoms with Crippen LogP contribution in [0.2, 0.25) is 0 Å². The monoisotopic (exact) mass is 430 g/mol. The maximum atomic E-state index is 13.2. The minimum Gasteiger partial charge on any atom is -0.486 e. The number of rotatable bonds is 3. The molecule has 7 nitrogen and oxygen atoms in total. The summed E-state index contributed by atoms with van der Waals surface area (Å²) >= 11 is 0. The number of ether oxygens (including phenoxy) is 3. The Morgan fingerprint density at radius 2 is 1.81 bits per heavy atom. The molecule has 1 atom stereocenters. The van der Waals surface area contributed by atoms with E-state index in [-0.39, 0.29) is 30.3 Å². The summed E-state index contributed by atoms with van der Waals surface area (Å²) in [6.45, 7) is 9.63. The minimum atomic E-state index is -0.557. The number of hydrogen-bond donors (Lipinski definition) is 1. The molecule has 1 aromatic rings. The Bertz CT molecular complexity index is 854. The van der Waals surface area contributed by atoms with Crippen molar-refractivity contribution in [1.29, 1.82) is 0 Å². The lowest BCUT2D eigenvalue weighted by molar-refractivity contribution is -0.135. The lowest BCUT2D eigenvalue weighted by Crippen LogP contribution is -2.49. The number of alkyl carbamates (subject to hydrolysis) is 1. The van der Waals surface area contributed by atoms with E-state index in [2.05, 4.69) is 24.4 Å². The predicted octanol–water partition coefficient (Wildman–Crippen LogP) is 4.09. The lowest BCUT2D eigenvalue weighted by Gasteiger charge is -2.46. The molecule has 170 valence electrons. The van der Waals surface area contributed by atoms with Crippen LogP contribution in [0.3, 0.4) is 0 Å². The molecular weight excluding hydrogens is 396 g/mol. The van der Waals surface area contributed by atoms with Crippen LogP contribution < -0.4 is 14.8 Å². The molecule has 0 aromatic heterocycles. The first-order valence-electron chi connectivity index (χ1n) is 11.4. The molecule has 31 heavy (non-hydrogen) atoms. The van der Waals surface area contributed by atoms with E-state index in [1.54, 1.807) is 0 Å². The molecule has 1 saturated carbocycles. The molecule has 3 aliphatic rings. The van der Waals surface area contributed by atoms with Crippen molar-refractivity contribution in [3.63, 3.8) is 0 Å². The van der Waals surface area contributed by atoms with Gasteiger partial charge in [-0.15, -0.1) is 0 Å². The third-order valence-electron chi connectivity index (χ3n) is 6.56. The number of fused-ring (bicyclic) bond motifs is 3. The standard InChI is InChI=1S/C24H34N2O5/c1-16-17-13-19-20(30-12-11-29-19)14-18(17)24(8-5-6-9-24)15-26(16)21(27)7-10-25-22(28)31-23(2,3)4/h13-14,16H,5-12,15H2,1-4H3,(H,25,28). The number of carbonyl (C=O) groups is 2. The topological polar surface area (TPSA) is 77.1 Å². The van der Waals surface area contributed by atoms with Crippen LogP contribution in [0.4, 0.5) is 4.79 Å². The van der Waals surface area contributed by atoms with Gasteiger partial charge in [0.1, 0.15) is 18.8 Å². The third kappa shape index (κ3) is 4.46. The van der Waals surface area contributed by atoms with E-state index < -0.39 is 11.7 Å². The average Bonchev–Trinajstić information content (AvgIpc) is 3.17. The molecule has 4 rings (SSSR count). The van der Waals surface area contributed by atoms with Gasteiger partial charge in [-0.25, -0.2) is 4.79 Å². The molecule has 2 amide bonds. The van der Waals surface area contributed by atoms with E-state index in [1.165, 1.54) is 18.4 Å². The van der Waals surface area contributed by atoms with Crippen LogP contribution in [-0.4, -0.2) is 48.8 Å². The molecule has 0 saturated heterocycles. The van der Waals surface area contributed by atoms with Crippen molar-refractivity contribution < 1.29 is 23.8 Å². The highest BCUT2D eigenvalue weighted by Gasteiger charge is 2.46. The minimum absolute atomic E-state index is 0.0219. The summed E-state index contributed by atoms with van der Waals surface area (Å²) in [7, 11) is 0. The van der Waals surface area contributed by atoms with Gasteiger partial charge in [0.2, 0.25) is 5.91 Å². The van der Waals surface area contributed by atoms with Crippen molar-refractivity contribution in [2.24, 2.45) is 0 Å². The molecular formula is C24H34N2O5. The van der Waals surface area contributed by atoms with Gasteiger partial charge in [-0.05, 0) is 63.8 Å². The van der Waals surface area contributed by atoms with Gasteiger partial charge in [0.05, 0.1) is 6.04 Å². The second kappa shape index (κ2) is 8.24. The number of nitrogens with one attached hydrogen (secondary N) is 1. The maximum absolute atomic E-state index is 13.2.